The Morgan fingerprint density at radius 1 is 1.79 bits per heavy atom. The van der Waals surface area contributed by atoms with Gasteiger partial charge in [-0.2, -0.15) is 0 Å². The van der Waals surface area contributed by atoms with Crippen molar-refractivity contribution in [2.45, 2.75) is 32.3 Å². The smallest absolute Gasteiger partial charge is 0.309 e. The highest BCUT2D eigenvalue weighted by Crippen LogP contribution is 2.26. The van der Waals surface area contributed by atoms with Gasteiger partial charge in [-0.25, -0.2) is 0 Å². The van der Waals surface area contributed by atoms with E-state index < -0.39 is 0 Å². The van der Waals surface area contributed by atoms with Gasteiger partial charge in [-0.3, -0.25) is 15.9 Å². The van der Waals surface area contributed by atoms with E-state index in [0.717, 1.165) is 19.3 Å². The van der Waals surface area contributed by atoms with Crippen LogP contribution in [0.5, 0.6) is 0 Å². The number of esters is 1. The molecular weight excluding hydrogens is 200 g/mol. The maximum atomic E-state index is 11.3. The van der Waals surface area contributed by atoms with Crippen molar-refractivity contribution in [3.8, 4) is 0 Å². The van der Waals surface area contributed by atoms with Gasteiger partial charge in [-0.15, -0.1) is 0 Å². The summed E-state index contributed by atoms with van der Waals surface area (Å²) in [4.78, 5) is 11.3. The largest absolute Gasteiger partial charge is 0.461 e. The van der Waals surface area contributed by atoms with Crippen LogP contribution >= 0.6 is 11.8 Å². The Labute approximate surface area is 88.1 Å². The van der Waals surface area contributed by atoms with E-state index in [0.29, 0.717) is 10.9 Å². The third kappa shape index (κ3) is 3.21. The van der Waals surface area contributed by atoms with E-state index >= 15 is 0 Å². The van der Waals surface area contributed by atoms with E-state index in [1.807, 2.05) is 0 Å². The van der Waals surface area contributed by atoms with Crippen molar-refractivity contribution >= 4 is 22.9 Å². The fourth-order valence-corrected chi connectivity index (χ4v) is 2.18. The predicted octanol–water partition coefficient (Wildman–Crippen LogP) is -0.475. The molecule has 1 aliphatic heterocycles. The van der Waals surface area contributed by atoms with E-state index in [9.17, 15) is 4.79 Å². The second-order valence-electron chi connectivity index (χ2n) is 3.49. The number of cyclic esters (lactones) is 1. The summed E-state index contributed by atoms with van der Waals surface area (Å²) in [6, 6.07) is 0. The summed E-state index contributed by atoms with van der Waals surface area (Å²) in [5, 5.41) is 5.65. The molecule has 1 aliphatic rings. The lowest BCUT2D eigenvalue weighted by Crippen LogP contribution is -2.43. The lowest BCUT2D eigenvalue weighted by atomic mass is 10.0. The summed E-state index contributed by atoms with van der Waals surface area (Å²) < 4.78 is 5.19. The molecule has 5 heteroatoms. The Bertz CT molecular complexity index is 233. The maximum absolute atomic E-state index is 11.3. The van der Waals surface area contributed by atoms with Crippen molar-refractivity contribution in [3.05, 3.63) is 0 Å². The Morgan fingerprint density at radius 3 is 3.07 bits per heavy atom. The highest BCUT2D eigenvalue weighted by atomic mass is 32.2. The molecule has 4 nitrogen and oxygen atoms in total. The maximum Gasteiger partial charge on any atom is 0.309 e. The average molecular weight is 217 g/mol. The Hall–Kier alpha value is -0.710. The van der Waals surface area contributed by atoms with Crippen molar-refractivity contribution in [1.29, 1.82) is 0 Å². The molecule has 0 radical (unpaired) electrons. The molecule has 80 valence electrons. The fourth-order valence-electron chi connectivity index (χ4n) is 1.60. The van der Waals surface area contributed by atoms with Gasteiger partial charge in [0.2, 0.25) is 0 Å². The van der Waals surface area contributed by atoms with Crippen LogP contribution in [0, 0.1) is 5.92 Å². The normalized spacial score (nSPS) is 26.2. The summed E-state index contributed by atoms with van der Waals surface area (Å²) in [5.41, 5.74) is 5.32. The first-order chi connectivity index (χ1) is 6.63. The molecule has 1 saturated heterocycles. The second-order valence-corrected chi connectivity index (χ2v) is 4.59. The molecule has 1 fully saturated rings. The van der Waals surface area contributed by atoms with Crippen molar-refractivity contribution < 1.29 is 14.9 Å². The van der Waals surface area contributed by atoms with E-state index in [4.69, 9.17) is 15.9 Å². The SMILES string of the molecule is CCCC1CC(CSC(N)=[NH2+])OC1=O. The molecule has 1 heterocycles. The molecule has 1 rings (SSSR count). The number of carbonyl (C=O) groups excluding carboxylic acids is 1. The van der Waals surface area contributed by atoms with E-state index in [-0.39, 0.29) is 18.0 Å². The Balaban J connectivity index is 2.31. The van der Waals surface area contributed by atoms with Crippen LogP contribution in [0.4, 0.5) is 0 Å². The summed E-state index contributed by atoms with van der Waals surface area (Å²) in [5.74, 6) is 0.700. The third-order valence-electron chi connectivity index (χ3n) is 2.24. The molecule has 0 spiro atoms. The summed E-state index contributed by atoms with van der Waals surface area (Å²) in [6.45, 7) is 2.07. The second kappa shape index (κ2) is 5.24. The Morgan fingerprint density at radius 2 is 2.50 bits per heavy atom. The zero-order valence-corrected chi connectivity index (χ0v) is 9.18. The van der Waals surface area contributed by atoms with Gasteiger partial charge in [0.25, 0.3) is 5.17 Å². The van der Waals surface area contributed by atoms with Crippen LogP contribution in [0.1, 0.15) is 26.2 Å². The quantitative estimate of drug-likeness (QED) is 0.379. The lowest BCUT2D eigenvalue weighted by Gasteiger charge is -2.04. The first-order valence-corrected chi connectivity index (χ1v) is 5.83. The number of thioether (sulfide) groups is 1. The summed E-state index contributed by atoms with van der Waals surface area (Å²) in [7, 11) is 0. The zero-order valence-electron chi connectivity index (χ0n) is 8.36. The third-order valence-corrected chi connectivity index (χ3v) is 3.11. The number of carbonyl (C=O) groups is 1. The van der Waals surface area contributed by atoms with Crippen LogP contribution in [0.25, 0.3) is 0 Å². The van der Waals surface area contributed by atoms with Crippen LogP contribution in [0.15, 0.2) is 0 Å². The zero-order chi connectivity index (χ0) is 10.6. The molecular formula is C9H17N2O2S+. The highest BCUT2D eigenvalue weighted by Gasteiger charge is 2.33. The minimum atomic E-state index is -0.0620. The van der Waals surface area contributed by atoms with E-state index in [1.165, 1.54) is 11.8 Å². The topological polar surface area (TPSA) is 77.9 Å². The van der Waals surface area contributed by atoms with Crippen LogP contribution < -0.4 is 11.1 Å². The van der Waals surface area contributed by atoms with Gasteiger partial charge in [0.15, 0.2) is 0 Å². The molecule has 0 bridgehead atoms. The molecule has 0 saturated carbocycles. The van der Waals surface area contributed by atoms with Gasteiger partial charge in [-0.1, -0.05) is 13.3 Å². The molecule has 0 aliphatic carbocycles. The van der Waals surface area contributed by atoms with Gasteiger partial charge in [0, 0.05) is 5.75 Å². The number of hydrogen-bond donors (Lipinski definition) is 2. The molecule has 0 aromatic heterocycles. The molecule has 4 N–H and O–H groups in total. The average Bonchev–Trinajstić information content (AvgIpc) is 2.45. The van der Waals surface area contributed by atoms with Crippen molar-refractivity contribution in [2.24, 2.45) is 11.7 Å². The molecule has 0 aromatic carbocycles. The number of rotatable bonds is 4. The molecule has 2 atom stereocenters. The predicted molar refractivity (Wildman–Crippen MR) is 56.5 cm³/mol. The minimum Gasteiger partial charge on any atom is -0.461 e. The standard InChI is InChI=1S/C9H16N2O2S/c1-2-3-6-4-7(13-8(6)12)5-14-9(10)11/h6-7H,2-5H2,1H3,(H3,10,11)/p+1. The minimum absolute atomic E-state index is 0.00819. The molecule has 14 heavy (non-hydrogen) atoms. The van der Waals surface area contributed by atoms with Gasteiger partial charge in [0.1, 0.15) is 6.10 Å². The number of ether oxygens (including phenoxy) is 1. The number of hydrogen-bond acceptors (Lipinski definition) is 3. The van der Waals surface area contributed by atoms with Crippen LogP contribution in [0.3, 0.4) is 0 Å². The molecule has 2 unspecified atom stereocenters. The van der Waals surface area contributed by atoms with Gasteiger partial charge in [0.05, 0.1) is 5.92 Å². The van der Waals surface area contributed by atoms with Crippen LogP contribution in [-0.4, -0.2) is 23.0 Å². The summed E-state index contributed by atoms with van der Waals surface area (Å²) in [6.07, 6.45) is 2.74. The van der Waals surface area contributed by atoms with Crippen molar-refractivity contribution in [2.75, 3.05) is 5.75 Å². The Kier molecular flexibility index (Phi) is 4.25. The van der Waals surface area contributed by atoms with Gasteiger partial charge in [-0.05, 0) is 24.6 Å². The monoisotopic (exact) mass is 217 g/mol. The number of nitrogens with two attached hydrogens (primary N) is 2. The fraction of sp³-hybridized carbons (Fsp3) is 0.778. The first kappa shape index (κ1) is 11.4. The van der Waals surface area contributed by atoms with Crippen molar-refractivity contribution in [3.63, 3.8) is 0 Å². The lowest BCUT2D eigenvalue weighted by molar-refractivity contribution is -0.143. The van der Waals surface area contributed by atoms with Crippen LogP contribution in [-0.2, 0) is 9.53 Å². The first-order valence-electron chi connectivity index (χ1n) is 4.84. The molecule has 0 aromatic rings. The van der Waals surface area contributed by atoms with Gasteiger partial charge < -0.3 is 4.74 Å². The summed E-state index contributed by atoms with van der Waals surface area (Å²) >= 11 is 1.35. The highest BCUT2D eigenvalue weighted by molar-refractivity contribution is 8.13. The van der Waals surface area contributed by atoms with E-state index in [1.54, 1.807) is 0 Å². The van der Waals surface area contributed by atoms with Crippen LogP contribution in [0.2, 0.25) is 0 Å². The van der Waals surface area contributed by atoms with Crippen molar-refractivity contribution in [1.82, 2.24) is 0 Å². The van der Waals surface area contributed by atoms with Gasteiger partial charge >= 0.3 is 5.97 Å². The molecule has 0 amide bonds. The number of amidine groups is 1. The van der Waals surface area contributed by atoms with E-state index in [2.05, 4.69) is 6.92 Å².